The number of hydrogen-bond donors (Lipinski definition) is 2. The van der Waals surface area contributed by atoms with Gasteiger partial charge in [-0.05, 0) is 73.3 Å². The Labute approximate surface area is 162 Å². The monoisotopic (exact) mass is 392 g/mol. The number of methoxy groups -OCH3 is 1. The zero-order valence-electron chi connectivity index (χ0n) is 15.6. The van der Waals surface area contributed by atoms with Crippen molar-refractivity contribution >= 4 is 5.91 Å². The van der Waals surface area contributed by atoms with Crippen LogP contribution in [-0.4, -0.2) is 26.1 Å². The van der Waals surface area contributed by atoms with E-state index in [1.54, 1.807) is 19.2 Å². The zero-order chi connectivity index (χ0) is 20.1. The smallest absolute Gasteiger partial charge is 0.416 e. The Morgan fingerprint density at radius 1 is 1.21 bits per heavy atom. The van der Waals surface area contributed by atoms with E-state index in [1.165, 1.54) is 12.1 Å². The molecule has 1 aliphatic rings. The minimum atomic E-state index is -4.36. The van der Waals surface area contributed by atoms with Crippen molar-refractivity contribution < 1.29 is 22.7 Å². The van der Waals surface area contributed by atoms with Crippen LogP contribution in [0.1, 0.15) is 33.5 Å². The van der Waals surface area contributed by atoms with Gasteiger partial charge < -0.3 is 15.4 Å². The minimum absolute atomic E-state index is 0.158. The van der Waals surface area contributed by atoms with Gasteiger partial charge in [-0.1, -0.05) is 12.1 Å². The Balaban J connectivity index is 1.65. The van der Waals surface area contributed by atoms with Crippen LogP contribution in [0.4, 0.5) is 13.2 Å². The van der Waals surface area contributed by atoms with Crippen LogP contribution < -0.4 is 15.4 Å². The van der Waals surface area contributed by atoms with Gasteiger partial charge in [0.25, 0.3) is 5.91 Å². The second-order valence-corrected chi connectivity index (χ2v) is 6.97. The van der Waals surface area contributed by atoms with Gasteiger partial charge in [-0.3, -0.25) is 4.79 Å². The topological polar surface area (TPSA) is 50.4 Å². The number of hydrogen-bond acceptors (Lipinski definition) is 3. The molecule has 2 aromatic rings. The molecule has 2 aromatic carbocycles. The van der Waals surface area contributed by atoms with Gasteiger partial charge in [-0.2, -0.15) is 13.2 Å². The molecule has 0 spiro atoms. The van der Waals surface area contributed by atoms with E-state index in [0.717, 1.165) is 49.4 Å². The van der Waals surface area contributed by atoms with E-state index in [4.69, 9.17) is 4.74 Å². The quantitative estimate of drug-likeness (QED) is 0.786. The molecule has 4 nitrogen and oxygen atoms in total. The molecule has 1 fully saturated rings. The number of benzene rings is 2. The van der Waals surface area contributed by atoms with Crippen LogP contribution in [0.15, 0.2) is 42.5 Å². The summed E-state index contributed by atoms with van der Waals surface area (Å²) < 4.78 is 43.3. The predicted octanol–water partition coefficient (Wildman–Crippen LogP) is 3.80. The molecule has 7 heteroatoms. The van der Waals surface area contributed by atoms with Crippen LogP contribution in [-0.2, 0) is 19.1 Å². The van der Waals surface area contributed by atoms with E-state index in [-0.39, 0.29) is 12.5 Å². The summed E-state index contributed by atoms with van der Waals surface area (Å²) in [6, 6.07) is 10.1. The van der Waals surface area contributed by atoms with Gasteiger partial charge in [-0.25, -0.2) is 0 Å². The van der Waals surface area contributed by atoms with Crippen molar-refractivity contribution in [3.8, 4) is 5.75 Å². The van der Waals surface area contributed by atoms with Crippen LogP contribution in [0, 0.1) is 5.92 Å². The maximum absolute atomic E-state index is 12.6. The number of rotatable bonds is 6. The SMILES string of the molecule is COc1ccc(C(=O)NCc2ccc(C(F)(F)F)cc2)cc1CC1CCNC1. The van der Waals surface area contributed by atoms with Crippen molar-refractivity contribution in [2.75, 3.05) is 20.2 Å². The van der Waals surface area contributed by atoms with Gasteiger partial charge in [0.2, 0.25) is 0 Å². The molecule has 0 bridgehead atoms. The highest BCUT2D eigenvalue weighted by Crippen LogP contribution is 2.29. The summed E-state index contributed by atoms with van der Waals surface area (Å²) in [5.74, 6) is 0.999. The van der Waals surface area contributed by atoms with E-state index in [1.807, 2.05) is 6.07 Å². The molecule has 3 rings (SSSR count). The summed E-state index contributed by atoms with van der Waals surface area (Å²) in [7, 11) is 1.61. The number of carbonyl (C=O) groups excluding carboxylic acids is 1. The van der Waals surface area contributed by atoms with Crippen LogP contribution >= 0.6 is 0 Å². The summed E-state index contributed by atoms with van der Waals surface area (Å²) >= 11 is 0. The van der Waals surface area contributed by atoms with Gasteiger partial charge in [0.1, 0.15) is 5.75 Å². The van der Waals surface area contributed by atoms with E-state index in [9.17, 15) is 18.0 Å². The molecule has 1 unspecified atom stereocenters. The molecule has 1 aliphatic heterocycles. The number of carbonyl (C=O) groups is 1. The number of nitrogens with one attached hydrogen (secondary N) is 2. The maximum Gasteiger partial charge on any atom is 0.416 e. The van der Waals surface area contributed by atoms with Crippen LogP contribution in [0.3, 0.4) is 0 Å². The first kappa shape index (κ1) is 20.2. The highest BCUT2D eigenvalue weighted by Gasteiger charge is 2.29. The summed E-state index contributed by atoms with van der Waals surface area (Å²) in [6.07, 6.45) is -2.44. The number of ether oxygens (including phenoxy) is 1. The highest BCUT2D eigenvalue weighted by atomic mass is 19.4. The van der Waals surface area contributed by atoms with Crippen LogP contribution in [0.5, 0.6) is 5.75 Å². The lowest BCUT2D eigenvalue weighted by molar-refractivity contribution is -0.137. The standard InChI is InChI=1S/C21H23F3N2O2/c1-28-19-7-4-16(11-17(19)10-15-8-9-25-12-15)20(27)26-13-14-2-5-18(6-3-14)21(22,23)24/h2-7,11,15,25H,8-10,12-13H2,1H3,(H,26,27). The first-order valence-electron chi connectivity index (χ1n) is 9.19. The Bertz CT molecular complexity index is 813. The van der Waals surface area contributed by atoms with Crippen molar-refractivity contribution in [1.29, 1.82) is 0 Å². The third-order valence-corrected chi connectivity index (χ3v) is 4.95. The molecule has 0 aliphatic carbocycles. The molecular formula is C21H23F3N2O2. The summed E-state index contributed by atoms with van der Waals surface area (Å²) in [6.45, 7) is 2.11. The minimum Gasteiger partial charge on any atom is -0.496 e. The molecule has 1 heterocycles. The van der Waals surface area contributed by atoms with Crippen molar-refractivity contribution in [2.45, 2.75) is 25.6 Å². The Morgan fingerprint density at radius 2 is 1.96 bits per heavy atom. The van der Waals surface area contributed by atoms with Crippen molar-refractivity contribution in [3.63, 3.8) is 0 Å². The van der Waals surface area contributed by atoms with Crippen molar-refractivity contribution in [3.05, 3.63) is 64.7 Å². The molecular weight excluding hydrogens is 369 g/mol. The third-order valence-electron chi connectivity index (χ3n) is 4.95. The van der Waals surface area contributed by atoms with Crippen molar-refractivity contribution in [1.82, 2.24) is 10.6 Å². The second kappa shape index (κ2) is 8.65. The lowest BCUT2D eigenvalue weighted by atomic mass is 9.96. The first-order chi connectivity index (χ1) is 13.4. The fourth-order valence-corrected chi connectivity index (χ4v) is 3.37. The maximum atomic E-state index is 12.6. The molecule has 0 radical (unpaired) electrons. The largest absolute Gasteiger partial charge is 0.496 e. The molecule has 28 heavy (non-hydrogen) atoms. The van der Waals surface area contributed by atoms with Gasteiger partial charge in [-0.15, -0.1) is 0 Å². The molecule has 150 valence electrons. The lowest BCUT2D eigenvalue weighted by Gasteiger charge is -2.14. The van der Waals surface area contributed by atoms with E-state index < -0.39 is 11.7 Å². The fraction of sp³-hybridized carbons (Fsp3) is 0.381. The fourth-order valence-electron chi connectivity index (χ4n) is 3.37. The molecule has 1 saturated heterocycles. The van der Waals surface area contributed by atoms with Crippen LogP contribution in [0.25, 0.3) is 0 Å². The average molecular weight is 392 g/mol. The predicted molar refractivity (Wildman–Crippen MR) is 100 cm³/mol. The Kier molecular flexibility index (Phi) is 6.24. The van der Waals surface area contributed by atoms with Gasteiger partial charge in [0.05, 0.1) is 12.7 Å². The first-order valence-corrected chi connectivity index (χ1v) is 9.19. The number of alkyl halides is 3. The van der Waals surface area contributed by atoms with Gasteiger partial charge >= 0.3 is 6.18 Å². The molecule has 0 saturated carbocycles. The Hall–Kier alpha value is -2.54. The van der Waals surface area contributed by atoms with Gasteiger partial charge in [0, 0.05) is 12.1 Å². The Morgan fingerprint density at radius 3 is 2.57 bits per heavy atom. The van der Waals surface area contributed by atoms with Crippen molar-refractivity contribution in [2.24, 2.45) is 5.92 Å². The highest BCUT2D eigenvalue weighted by molar-refractivity contribution is 5.94. The molecule has 2 N–H and O–H groups in total. The van der Waals surface area contributed by atoms with E-state index in [0.29, 0.717) is 17.0 Å². The van der Waals surface area contributed by atoms with E-state index in [2.05, 4.69) is 10.6 Å². The van der Waals surface area contributed by atoms with Gasteiger partial charge in [0.15, 0.2) is 0 Å². The molecule has 1 amide bonds. The summed E-state index contributed by atoms with van der Waals surface area (Å²) in [5, 5.41) is 6.09. The average Bonchev–Trinajstić information content (AvgIpc) is 3.18. The molecule has 1 atom stereocenters. The summed E-state index contributed by atoms with van der Waals surface area (Å²) in [4.78, 5) is 12.5. The number of amides is 1. The van der Waals surface area contributed by atoms with E-state index >= 15 is 0 Å². The molecule has 0 aromatic heterocycles. The summed E-state index contributed by atoms with van der Waals surface area (Å²) in [5.41, 5.74) is 1.39. The van der Waals surface area contributed by atoms with Crippen LogP contribution in [0.2, 0.25) is 0 Å². The lowest BCUT2D eigenvalue weighted by Crippen LogP contribution is -2.23. The zero-order valence-corrected chi connectivity index (χ0v) is 15.6. The number of halogens is 3. The third kappa shape index (κ3) is 5.04. The second-order valence-electron chi connectivity index (χ2n) is 6.97. The normalized spacial score (nSPS) is 16.8.